The molecule has 1 aromatic carbocycles. The molecular formula is C11H16N2. The number of hydrogen-bond donors (Lipinski definition) is 2. The van der Waals surface area contributed by atoms with Crippen LogP contribution in [0.5, 0.6) is 0 Å². The standard InChI is InChI=1S/C11H16N2/c1-7-5-6-10(13)11-8(7)3-2-4-9(11)12/h5-6,9H,2-4,12-13H2,1H3/t9-/m0/s1. The molecule has 0 amide bonds. The van der Waals surface area contributed by atoms with E-state index in [1.165, 1.54) is 23.1 Å². The first-order valence-corrected chi connectivity index (χ1v) is 4.83. The normalized spacial score (nSPS) is 21.2. The Bertz CT molecular complexity index is 331. The molecule has 13 heavy (non-hydrogen) atoms. The molecule has 0 aliphatic heterocycles. The third kappa shape index (κ3) is 1.31. The summed E-state index contributed by atoms with van der Waals surface area (Å²) < 4.78 is 0. The highest BCUT2D eigenvalue weighted by atomic mass is 14.7. The van der Waals surface area contributed by atoms with E-state index in [1.807, 2.05) is 6.07 Å². The molecule has 0 radical (unpaired) electrons. The Morgan fingerprint density at radius 2 is 2.15 bits per heavy atom. The fraction of sp³-hybridized carbons (Fsp3) is 0.455. The summed E-state index contributed by atoms with van der Waals surface area (Å²) >= 11 is 0. The monoisotopic (exact) mass is 176 g/mol. The fourth-order valence-corrected chi connectivity index (χ4v) is 2.20. The highest BCUT2D eigenvalue weighted by Gasteiger charge is 2.20. The molecule has 0 bridgehead atoms. The van der Waals surface area contributed by atoms with Gasteiger partial charge in [-0.05, 0) is 48.9 Å². The summed E-state index contributed by atoms with van der Waals surface area (Å²) in [6, 6.07) is 4.22. The lowest BCUT2D eigenvalue weighted by molar-refractivity contribution is 0.570. The predicted octanol–water partition coefficient (Wildman–Crippen LogP) is 1.91. The summed E-state index contributed by atoms with van der Waals surface area (Å²) in [6.45, 7) is 2.14. The summed E-state index contributed by atoms with van der Waals surface area (Å²) in [5.74, 6) is 0. The molecule has 1 aliphatic carbocycles. The molecule has 2 rings (SSSR count). The number of benzene rings is 1. The predicted molar refractivity (Wildman–Crippen MR) is 55.5 cm³/mol. The highest BCUT2D eigenvalue weighted by molar-refractivity contribution is 5.56. The Labute approximate surface area is 78.9 Å². The van der Waals surface area contributed by atoms with Gasteiger partial charge in [-0.2, -0.15) is 0 Å². The van der Waals surface area contributed by atoms with Crippen LogP contribution in [0.1, 0.15) is 35.6 Å². The minimum absolute atomic E-state index is 0.156. The number of nitrogen functional groups attached to an aromatic ring is 1. The van der Waals surface area contributed by atoms with Crippen molar-refractivity contribution < 1.29 is 0 Å². The molecule has 4 N–H and O–H groups in total. The van der Waals surface area contributed by atoms with E-state index in [9.17, 15) is 0 Å². The second-order valence-electron chi connectivity index (χ2n) is 3.86. The largest absolute Gasteiger partial charge is 0.398 e. The van der Waals surface area contributed by atoms with Gasteiger partial charge in [0.05, 0.1) is 0 Å². The fourth-order valence-electron chi connectivity index (χ4n) is 2.20. The zero-order chi connectivity index (χ0) is 9.42. The molecule has 1 aliphatic rings. The molecular weight excluding hydrogens is 160 g/mol. The summed E-state index contributed by atoms with van der Waals surface area (Å²) in [5.41, 5.74) is 16.7. The molecule has 0 spiro atoms. The van der Waals surface area contributed by atoms with Crippen LogP contribution < -0.4 is 11.5 Å². The number of rotatable bonds is 0. The first-order valence-electron chi connectivity index (χ1n) is 4.83. The molecule has 0 saturated carbocycles. The van der Waals surface area contributed by atoms with Gasteiger partial charge in [0.2, 0.25) is 0 Å². The lowest BCUT2D eigenvalue weighted by Gasteiger charge is -2.25. The van der Waals surface area contributed by atoms with Crippen molar-refractivity contribution in [3.8, 4) is 0 Å². The van der Waals surface area contributed by atoms with Crippen LogP contribution >= 0.6 is 0 Å². The second-order valence-corrected chi connectivity index (χ2v) is 3.86. The molecule has 1 aromatic rings. The van der Waals surface area contributed by atoms with E-state index in [0.717, 1.165) is 18.5 Å². The van der Waals surface area contributed by atoms with E-state index in [-0.39, 0.29) is 6.04 Å². The summed E-state index contributed by atoms with van der Waals surface area (Å²) in [5, 5.41) is 0. The third-order valence-corrected chi connectivity index (χ3v) is 2.94. The van der Waals surface area contributed by atoms with Crippen LogP contribution in [0.4, 0.5) is 5.69 Å². The van der Waals surface area contributed by atoms with E-state index < -0.39 is 0 Å². The summed E-state index contributed by atoms with van der Waals surface area (Å²) in [4.78, 5) is 0. The van der Waals surface area contributed by atoms with E-state index in [0.29, 0.717) is 0 Å². The Hall–Kier alpha value is -1.02. The molecule has 0 aromatic heterocycles. The average Bonchev–Trinajstić information content (AvgIpc) is 2.12. The Morgan fingerprint density at radius 3 is 2.85 bits per heavy atom. The summed E-state index contributed by atoms with van der Waals surface area (Å²) in [6.07, 6.45) is 3.40. The second kappa shape index (κ2) is 3.04. The number of anilines is 1. The molecule has 70 valence electrons. The number of hydrogen-bond acceptors (Lipinski definition) is 2. The van der Waals surface area contributed by atoms with Gasteiger partial charge >= 0.3 is 0 Å². The van der Waals surface area contributed by atoms with E-state index in [2.05, 4.69) is 13.0 Å². The van der Waals surface area contributed by atoms with Gasteiger partial charge in [-0.1, -0.05) is 6.07 Å². The highest BCUT2D eigenvalue weighted by Crippen LogP contribution is 2.33. The van der Waals surface area contributed by atoms with Crippen molar-refractivity contribution in [1.29, 1.82) is 0 Å². The maximum Gasteiger partial charge on any atom is 0.0365 e. The first-order chi connectivity index (χ1) is 6.20. The van der Waals surface area contributed by atoms with Crippen LogP contribution in [0.2, 0.25) is 0 Å². The maximum absolute atomic E-state index is 6.04. The Balaban J connectivity index is 2.60. The lowest BCUT2D eigenvalue weighted by Crippen LogP contribution is -2.20. The molecule has 0 heterocycles. The van der Waals surface area contributed by atoms with E-state index in [4.69, 9.17) is 11.5 Å². The molecule has 1 atom stereocenters. The van der Waals surface area contributed by atoms with Gasteiger partial charge in [0.25, 0.3) is 0 Å². The van der Waals surface area contributed by atoms with Gasteiger partial charge in [-0.25, -0.2) is 0 Å². The van der Waals surface area contributed by atoms with Crippen molar-refractivity contribution in [2.24, 2.45) is 5.73 Å². The maximum atomic E-state index is 6.04. The SMILES string of the molecule is Cc1ccc(N)c2c1CCC[C@@H]2N. The van der Waals surface area contributed by atoms with Crippen LogP contribution in [-0.4, -0.2) is 0 Å². The molecule has 2 heteroatoms. The number of nitrogens with two attached hydrogens (primary N) is 2. The van der Waals surface area contributed by atoms with Crippen LogP contribution in [0.25, 0.3) is 0 Å². The van der Waals surface area contributed by atoms with Crippen molar-refractivity contribution in [2.45, 2.75) is 32.2 Å². The van der Waals surface area contributed by atoms with Crippen molar-refractivity contribution >= 4 is 5.69 Å². The smallest absolute Gasteiger partial charge is 0.0365 e. The first kappa shape index (κ1) is 8.57. The number of aryl methyl sites for hydroxylation is 1. The quantitative estimate of drug-likeness (QED) is 0.593. The molecule has 0 unspecified atom stereocenters. The van der Waals surface area contributed by atoms with Gasteiger partial charge in [-0.15, -0.1) is 0 Å². The topological polar surface area (TPSA) is 52.0 Å². The van der Waals surface area contributed by atoms with E-state index in [1.54, 1.807) is 0 Å². The molecule has 0 saturated heterocycles. The van der Waals surface area contributed by atoms with Crippen molar-refractivity contribution in [1.82, 2.24) is 0 Å². The van der Waals surface area contributed by atoms with Crippen molar-refractivity contribution in [2.75, 3.05) is 5.73 Å². The molecule has 2 nitrogen and oxygen atoms in total. The van der Waals surface area contributed by atoms with Crippen molar-refractivity contribution in [3.05, 3.63) is 28.8 Å². The third-order valence-electron chi connectivity index (χ3n) is 2.94. The van der Waals surface area contributed by atoms with Crippen LogP contribution in [0.15, 0.2) is 12.1 Å². The van der Waals surface area contributed by atoms with Gasteiger partial charge < -0.3 is 11.5 Å². The van der Waals surface area contributed by atoms with Crippen molar-refractivity contribution in [3.63, 3.8) is 0 Å². The minimum atomic E-state index is 0.156. The van der Waals surface area contributed by atoms with Crippen LogP contribution in [0, 0.1) is 6.92 Å². The summed E-state index contributed by atoms with van der Waals surface area (Å²) in [7, 11) is 0. The van der Waals surface area contributed by atoms with Gasteiger partial charge in [0.1, 0.15) is 0 Å². The van der Waals surface area contributed by atoms with Crippen LogP contribution in [0.3, 0.4) is 0 Å². The Morgan fingerprint density at radius 1 is 1.38 bits per heavy atom. The lowest BCUT2D eigenvalue weighted by atomic mass is 9.84. The van der Waals surface area contributed by atoms with Gasteiger partial charge in [0.15, 0.2) is 0 Å². The molecule has 0 fully saturated rings. The van der Waals surface area contributed by atoms with Crippen LogP contribution in [-0.2, 0) is 6.42 Å². The average molecular weight is 176 g/mol. The van der Waals surface area contributed by atoms with Gasteiger partial charge in [-0.3, -0.25) is 0 Å². The zero-order valence-corrected chi connectivity index (χ0v) is 8.01. The minimum Gasteiger partial charge on any atom is -0.398 e. The zero-order valence-electron chi connectivity index (χ0n) is 8.01. The Kier molecular flexibility index (Phi) is 2.00. The van der Waals surface area contributed by atoms with Gasteiger partial charge in [0, 0.05) is 11.7 Å². The number of fused-ring (bicyclic) bond motifs is 1. The van der Waals surface area contributed by atoms with E-state index >= 15 is 0 Å².